The summed E-state index contributed by atoms with van der Waals surface area (Å²) in [5.74, 6) is 0. The molecule has 1 aromatic carbocycles. The molecule has 1 atom stereocenters. The van der Waals surface area contributed by atoms with E-state index in [-0.39, 0.29) is 26.2 Å². The lowest BCUT2D eigenvalue weighted by molar-refractivity contribution is -0.308. The molecule has 0 N–H and O–H groups in total. The summed E-state index contributed by atoms with van der Waals surface area (Å²) in [6.45, 7) is 4.92. The minimum absolute atomic E-state index is 0.0368. The van der Waals surface area contributed by atoms with Crippen LogP contribution >= 0.6 is 11.6 Å². The first-order valence-electron chi connectivity index (χ1n) is 11.5. The largest absolute Gasteiger partial charge is 0.434 e. The Kier molecular flexibility index (Phi) is 7.63. The van der Waals surface area contributed by atoms with Gasteiger partial charge in [-0.3, -0.25) is 9.80 Å². The molecule has 0 unspecified atom stereocenters. The van der Waals surface area contributed by atoms with E-state index in [2.05, 4.69) is 14.5 Å². The van der Waals surface area contributed by atoms with Crippen molar-refractivity contribution in [3.63, 3.8) is 0 Å². The standard InChI is InChI=1S/C22H27ClF6N4O2/c23-16-4-3-15(18(12-16)33-11-10-31-5-1-2-17(31)14-33)13-30-6-8-32(9-7-30)20(34)35-19(21(24,25)26)22(27,28)29/h3-4,12,17,19H,1-2,5-11,13-14H2/t17-/m1/s1. The predicted molar refractivity (Wildman–Crippen MR) is 117 cm³/mol. The first-order chi connectivity index (χ1) is 16.4. The van der Waals surface area contributed by atoms with E-state index >= 15 is 0 Å². The molecule has 196 valence electrons. The molecule has 3 aliphatic rings. The Morgan fingerprint density at radius 2 is 1.69 bits per heavy atom. The van der Waals surface area contributed by atoms with Crippen molar-refractivity contribution in [2.45, 2.75) is 43.9 Å². The number of ether oxygens (including phenoxy) is 1. The van der Waals surface area contributed by atoms with Crippen molar-refractivity contribution >= 4 is 23.4 Å². The molecule has 4 rings (SSSR count). The van der Waals surface area contributed by atoms with Crippen molar-refractivity contribution in [1.82, 2.24) is 14.7 Å². The SMILES string of the molecule is O=C(OC(C(F)(F)F)C(F)(F)F)N1CCN(Cc2ccc(Cl)cc2N2CCN3CCC[C@@H]3C2)CC1. The minimum atomic E-state index is -5.73. The Labute approximate surface area is 204 Å². The van der Waals surface area contributed by atoms with Crippen LogP contribution in [0.5, 0.6) is 0 Å². The maximum atomic E-state index is 12.7. The van der Waals surface area contributed by atoms with Crippen LogP contribution in [0.25, 0.3) is 0 Å². The summed E-state index contributed by atoms with van der Waals surface area (Å²) in [5.41, 5.74) is 2.06. The predicted octanol–water partition coefficient (Wildman–Crippen LogP) is 4.37. The molecule has 3 saturated heterocycles. The number of fused-ring (bicyclic) bond motifs is 1. The van der Waals surface area contributed by atoms with Gasteiger partial charge < -0.3 is 14.5 Å². The Morgan fingerprint density at radius 3 is 2.34 bits per heavy atom. The number of alkyl halides is 6. The number of carbonyl (C=O) groups excluding carboxylic acids is 1. The molecule has 3 fully saturated rings. The molecule has 0 radical (unpaired) electrons. The van der Waals surface area contributed by atoms with Crippen molar-refractivity contribution < 1.29 is 35.9 Å². The number of carbonyl (C=O) groups is 1. The van der Waals surface area contributed by atoms with E-state index in [1.54, 1.807) is 6.07 Å². The summed E-state index contributed by atoms with van der Waals surface area (Å²) in [6.07, 6.45) is -14.9. The molecule has 0 bridgehead atoms. The molecule has 0 aromatic heterocycles. The zero-order chi connectivity index (χ0) is 25.4. The van der Waals surface area contributed by atoms with Gasteiger partial charge in [-0.05, 0) is 37.1 Å². The second-order valence-electron chi connectivity index (χ2n) is 9.16. The fourth-order valence-electron chi connectivity index (χ4n) is 5.00. The Morgan fingerprint density at radius 1 is 1.00 bits per heavy atom. The average Bonchev–Trinajstić information content (AvgIpc) is 3.25. The molecule has 1 aromatic rings. The van der Waals surface area contributed by atoms with Crippen LogP contribution in [0.1, 0.15) is 18.4 Å². The van der Waals surface area contributed by atoms with Crippen molar-refractivity contribution in [1.29, 1.82) is 0 Å². The van der Waals surface area contributed by atoms with Gasteiger partial charge in [0.2, 0.25) is 0 Å². The van der Waals surface area contributed by atoms with Crippen LogP contribution in [-0.4, -0.2) is 97.6 Å². The van der Waals surface area contributed by atoms with E-state index < -0.39 is 24.5 Å². The molecule has 0 spiro atoms. The highest BCUT2D eigenvalue weighted by molar-refractivity contribution is 6.30. The van der Waals surface area contributed by atoms with Gasteiger partial charge in [-0.25, -0.2) is 4.79 Å². The molecule has 3 aliphatic heterocycles. The molecule has 1 amide bonds. The lowest BCUT2D eigenvalue weighted by Crippen LogP contribution is -2.52. The molecule has 35 heavy (non-hydrogen) atoms. The van der Waals surface area contributed by atoms with Crippen LogP contribution in [0.15, 0.2) is 18.2 Å². The van der Waals surface area contributed by atoms with E-state index in [1.165, 1.54) is 6.42 Å². The van der Waals surface area contributed by atoms with Gasteiger partial charge in [0.15, 0.2) is 0 Å². The number of halogens is 7. The number of hydrogen-bond acceptors (Lipinski definition) is 5. The zero-order valence-corrected chi connectivity index (χ0v) is 19.7. The smallest absolute Gasteiger partial charge is 0.426 e. The number of rotatable bonds is 4. The van der Waals surface area contributed by atoms with Crippen LogP contribution < -0.4 is 4.90 Å². The molecule has 3 heterocycles. The number of hydrogen-bond donors (Lipinski definition) is 0. The van der Waals surface area contributed by atoms with Crippen molar-refractivity contribution in [3.05, 3.63) is 28.8 Å². The maximum absolute atomic E-state index is 12.7. The molecule has 13 heteroatoms. The Hall–Kier alpha value is -1.92. The third-order valence-electron chi connectivity index (χ3n) is 6.81. The van der Waals surface area contributed by atoms with Crippen LogP contribution in [-0.2, 0) is 11.3 Å². The Bertz CT molecular complexity index is 893. The highest BCUT2D eigenvalue weighted by Crippen LogP contribution is 2.36. The number of benzene rings is 1. The lowest BCUT2D eigenvalue weighted by Gasteiger charge is -2.40. The molecular formula is C22H27ClF6N4O2. The minimum Gasteiger partial charge on any atom is -0.426 e. The van der Waals surface area contributed by atoms with Crippen LogP contribution in [0.4, 0.5) is 36.8 Å². The topological polar surface area (TPSA) is 39.3 Å². The van der Waals surface area contributed by atoms with E-state index in [0.29, 0.717) is 17.6 Å². The van der Waals surface area contributed by atoms with Gasteiger partial charge in [0, 0.05) is 69.1 Å². The average molecular weight is 529 g/mol. The van der Waals surface area contributed by atoms with Gasteiger partial charge >= 0.3 is 18.4 Å². The van der Waals surface area contributed by atoms with Gasteiger partial charge in [0.05, 0.1) is 0 Å². The van der Waals surface area contributed by atoms with Gasteiger partial charge in [-0.2, -0.15) is 26.3 Å². The summed E-state index contributed by atoms with van der Waals surface area (Å²) in [6, 6.07) is 6.19. The first kappa shape index (κ1) is 26.2. The fourth-order valence-corrected chi connectivity index (χ4v) is 5.17. The van der Waals surface area contributed by atoms with Crippen molar-refractivity contribution in [2.24, 2.45) is 0 Å². The van der Waals surface area contributed by atoms with Crippen molar-refractivity contribution in [3.8, 4) is 0 Å². The molecule has 6 nitrogen and oxygen atoms in total. The second-order valence-corrected chi connectivity index (χ2v) is 9.60. The first-order valence-corrected chi connectivity index (χ1v) is 11.9. The van der Waals surface area contributed by atoms with Gasteiger partial charge in [-0.1, -0.05) is 17.7 Å². The Balaban J connectivity index is 1.36. The van der Waals surface area contributed by atoms with E-state index in [9.17, 15) is 31.1 Å². The third kappa shape index (κ3) is 6.26. The van der Waals surface area contributed by atoms with Crippen molar-refractivity contribution in [2.75, 3.05) is 57.3 Å². The third-order valence-corrected chi connectivity index (χ3v) is 7.05. The lowest BCUT2D eigenvalue weighted by atomic mass is 10.1. The zero-order valence-electron chi connectivity index (χ0n) is 18.9. The number of amides is 1. The normalized spacial score (nSPS) is 22.6. The van der Waals surface area contributed by atoms with E-state index in [4.69, 9.17) is 11.6 Å². The summed E-state index contributed by atoms with van der Waals surface area (Å²) < 4.78 is 80.0. The van der Waals surface area contributed by atoms with E-state index in [1.807, 2.05) is 17.0 Å². The number of anilines is 1. The quantitative estimate of drug-likeness (QED) is 0.543. The monoisotopic (exact) mass is 528 g/mol. The van der Waals surface area contributed by atoms with Gasteiger partial charge in [0.25, 0.3) is 6.10 Å². The fraction of sp³-hybridized carbons (Fsp3) is 0.682. The summed E-state index contributed by atoms with van der Waals surface area (Å²) in [7, 11) is 0. The van der Waals surface area contributed by atoms with Crippen LogP contribution in [0.3, 0.4) is 0 Å². The second kappa shape index (κ2) is 10.2. The highest BCUT2D eigenvalue weighted by Gasteiger charge is 2.60. The van der Waals surface area contributed by atoms with Crippen LogP contribution in [0, 0.1) is 0 Å². The molecular weight excluding hydrogens is 502 g/mol. The number of nitrogens with zero attached hydrogens (tertiary/aromatic N) is 4. The summed E-state index contributed by atoms with van der Waals surface area (Å²) >= 11 is 6.28. The molecule has 0 aliphatic carbocycles. The van der Waals surface area contributed by atoms with E-state index in [0.717, 1.165) is 48.8 Å². The van der Waals surface area contributed by atoms with Crippen LogP contribution in [0.2, 0.25) is 5.02 Å². The van der Waals surface area contributed by atoms with Gasteiger partial charge in [-0.15, -0.1) is 0 Å². The summed E-state index contributed by atoms with van der Waals surface area (Å²) in [5, 5.41) is 0.619. The summed E-state index contributed by atoms with van der Waals surface area (Å²) in [4.78, 5) is 19.7. The van der Waals surface area contributed by atoms with Gasteiger partial charge in [0.1, 0.15) is 0 Å². The highest BCUT2D eigenvalue weighted by atomic mass is 35.5. The number of piperazine rings is 2. The maximum Gasteiger partial charge on any atom is 0.434 e. The molecule has 0 saturated carbocycles.